The normalized spacial score (nSPS) is 14.5. The van der Waals surface area contributed by atoms with Crippen LogP contribution in [0.15, 0.2) is 12.1 Å². The number of aryl methyl sites for hydroxylation is 1. The van der Waals surface area contributed by atoms with Crippen molar-refractivity contribution >= 4 is 16.0 Å². The third-order valence-electron chi connectivity index (χ3n) is 2.20. The van der Waals surface area contributed by atoms with E-state index in [9.17, 15) is 13.0 Å². The number of hydrogen-bond acceptors (Lipinski definition) is 6. The number of benzene rings is 1. The summed E-state index contributed by atoms with van der Waals surface area (Å²) in [5, 5.41) is 0. The molecule has 1 aliphatic rings. The maximum Gasteiger partial charge on any atom is 0.176 e. The SMILES string of the molecule is Cc1cc2c(cc1NNS(=O)(=O)[O-])OCCO2. The van der Waals surface area contributed by atoms with Crippen LogP contribution >= 0.6 is 0 Å². The molecule has 8 heteroatoms. The van der Waals surface area contributed by atoms with Crippen LogP contribution in [0.4, 0.5) is 5.69 Å². The molecule has 1 aromatic carbocycles. The van der Waals surface area contributed by atoms with E-state index in [-0.39, 0.29) is 0 Å². The molecule has 0 amide bonds. The zero-order valence-electron chi connectivity index (χ0n) is 9.02. The Labute approximate surface area is 98.6 Å². The molecule has 0 aromatic heterocycles. The third-order valence-corrected chi connectivity index (χ3v) is 2.55. The molecule has 0 saturated carbocycles. The van der Waals surface area contributed by atoms with Gasteiger partial charge in [-0.3, -0.25) is 0 Å². The molecule has 1 heterocycles. The maximum atomic E-state index is 10.4. The molecule has 0 bridgehead atoms. The average Bonchev–Trinajstić information content (AvgIpc) is 2.25. The first kappa shape index (κ1) is 12.0. The van der Waals surface area contributed by atoms with Gasteiger partial charge in [0.25, 0.3) is 0 Å². The lowest BCUT2D eigenvalue weighted by Crippen LogP contribution is -2.29. The smallest absolute Gasteiger partial charge is 0.176 e. The minimum Gasteiger partial charge on any atom is -0.734 e. The molecular formula is C9H11N2O5S-. The quantitative estimate of drug-likeness (QED) is 0.591. The Morgan fingerprint density at radius 3 is 2.41 bits per heavy atom. The van der Waals surface area contributed by atoms with Gasteiger partial charge in [-0.25, -0.2) is 8.42 Å². The zero-order chi connectivity index (χ0) is 12.5. The van der Waals surface area contributed by atoms with Gasteiger partial charge < -0.3 is 19.5 Å². The molecular weight excluding hydrogens is 248 g/mol. The summed E-state index contributed by atoms with van der Waals surface area (Å²) in [5.41, 5.74) is 3.48. The van der Waals surface area contributed by atoms with Crippen molar-refractivity contribution < 1.29 is 22.4 Å². The first-order chi connectivity index (χ1) is 7.96. The molecule has 0 spiro atoms. The Kier molecular flexibility index (Phi) is 3.09. The highest BCUT2D eigenvalue weighted by Gasteiger charge is 2.14. The predicted molar refractivity (Wildman–Crippen MR) is 58.6 cm³/mol. The number of nitrogens with one attached hydrogen (secondary N) is 2. The highest BCUT2D eigenvalue weighted by atomic mass is 32.2. The maximum absolute atomic E-state index is 10.4. The van der Waals surface area contributed by atoms with Crippen LogP contribution in [0.2, 0.25) is 0 Å². The second kappa shape index (κ2) is 4.40. The highest BCUT2D eigenvalue weighted by Crippen LogP contribution is 2.34. The van der Waals surface area contributed by atoms with E-state index in [1.54, 1.807) is 23.9 Å². The Morgan fingerprint density at radius 2 is 1.82 bits per heavy atom. The Balaban J connectivity index is 2.23. The number of fused-ring (bicyclic) bond motifs is 1. The van der Waals surface area contributed by atoms with Crippen molar-refractivity contribution in [1.82, 2.24) is 4.83 Å². The monoisotopic (exact) mass is 259 g/mol. The fraction of sp³-hybridized carbons (Fsp3) is 0.333. The molecule has 0 aliphatic carbocycles. The van der Waals surface area contributed by atoms with E-state index >= 15 is 0 Å². The molecule has 0 unspecified atom stereocenters. The summed E-state index contributed by atoms with van der Waals surface area (Å²) in [5.74, 6) is 1.11. The van der Waals surface area contributed by atoms with E-state index in [4.69, 9.17) is 9.47 Å². The second-order valence-corrected chi connectivity index (χ2v) is 4.60. The first-order valence-corrected chi connectivity index (χ1v) is 6.25. The standard InChI is InChI=1S/C9H12N2O5S/c1-6-4-8-9(16-3-2-15-8)5-7(6)10-11-17(12,13)14/h4-5,10-11H,2-3H2,1H3,(H,12,13,14)/p-1. The van der Waals surface area contributed by atoms with Crippen LogP contribution in [0, 0.1) is 6.92 Å². The fourth-order valence-corrected chi connectivity index (χ4v) is 1.68. The average molecular weight is 259 g/mol. The first-order valence-electron chi connectivity index (χ1n) is 4.84. The van der Waals surface area contributed by atoms with Gasteiger partial charge in [-0.15, -0.1) is 4.83 Å². The van der Waals surface area contributed by atoms with Gasteiger partial charge in [0.2, 0.25) is 0 Å². The fourth-order valence-electron chi connectivity index (χ4n) is 1.44. The van der Waals surface area contributed by atoms with Crippen LogP contribution in [-0.4, -0.2) is 26.2 Å². The van der Waals surface area contributed by atoms with E-state index < -0.39 is 10.3 Å². The molecule has 0 radical (unpaired) electrons. The number of anilines is 1. The summed E-state index contributed by atoms with van der Waals surface area (Å²) >= 11 is 0. The molecule has 0 fully saturated rings. The van der Waals surface area contributed by atoms with Crippen molar-refractivity contribution in [2.24, 2.45) is 0 Å². The summed E-state index contributed by atoms with van der Waals surface area (Å²) in [4.78, 5) is 1.66. The van der Waals surface area contributed by atoms with Gasteiger partial charge in [0.15, 0.2) is 21.8 Å². The molecule has 1 aliphatic heterocycles. The summed E-state index contributed by atoms with van der Waals surface area (Å²) in [6.45, 7) is 2.66. The van der Waals surface area contributed by atoms with E-state index in [2.05, 4.69) is 5.43 Å². The van der Waals surface area contributed by atoms with Gasteiger partial charge >= 0.3 is 0 Å². The topological polar surface area (TPSA) is 99.7 Å². The van der Waals surface area contributed by atoms with Crippen molar-refractivity contribution in [2.45, 2.75) is 6.92 Å². The lowest BCUT2D eigenvalue weighted by atomic mass is 10.2. The van der Waals surface area contributed by atoms with E-state index in [1.165, 1.54) is 0 Å². The molecule has 0 saturated heterocycles. The van der Waals surface area contributed by atoms with Crippen molar-refractivity contribution in [2.75, 3.05) is 18.6 Å². The van der Waals surface area contributed by atoms with Crippen LogP contribution in [0.3, 0.4) is 0 Å². The highest BCUT2D eigenvalue weighted by molar-refractivity contribution is 7.83. The number of hydrogen-bond donors (Lipinski definition) is 2. The number of rotatable bonds is 3. The Hall–Kier alpha value is -1.51. The van der Waals surface area contributed by atoms with Crippen molar-refractivity contribution in [3.63, 3.8) is 0 Å². The van der Waals surface area contributed by atoms with Gasteiger partial charge in [0.1, 0.15) is 13.2 Å². The van der Waals surface area contributed by atoms with Gasteiger partial charge in [0.05, 0.1) is 5.69 Å². The van der Waals surface area contributed by atoms with Gasteiger partial charge in [-0.1, -0.05) is 0 Å². The van der Waals surface area contributed by atoms with Crippen molar-refractivity contribution in [3.8, 4) is 11.5 Å². The third kappa shape index (κ3) is 2.99. The van der Waals surface area contributed by atoms with E-state index in [1.807, 2.05) is 0 Å². The molecule has 94 valence electrons. The minimum atomic E-state index is -4.54. The predicted octanol–water partition coefficient (Wildman–Crippen LogP) is 0.143. The molecule has 0 atom stereocenters. The summed E-state index contributed by atoms with van der Waals surface area (Å²) in [7, 11) is -4.54. The van der Waals surface area contributed by atoms with Crippen molar-refractivity contribution in [1.29, 1.82) is 0 Å². The molecule has 1 aromatic rings. The second-order valence-electron chi connectivity index (χ2n) is 3.49. The minimum absolute atomic E-state index is 0.433. The van der Waals surface area contributed by atoms with Gasteiger partial charge in [0, 0.05) is 6.07 Å². The zero-order valence-corrected chi connectivity index (χ0v) is 9.83. The van der Waals surface area contributed by atoms with E-state index in [0.717, 1.165) is 5.56 Å². The van der Waals surface area contributed by atoms with Crippen LogP contribution in [-0.2, 0) is 10.3 Å². The van der Waals surface area contributed by atoms with Gasteiger partial charge in [-0.2, -0.15) is 0 Å². The van der Waals surface area contributed by atoms with Crippen LogP contribution < -0.4 is 19.7 Å². The Morgan fingerprint density at radius 1 is 1.24 bits per heavy atom. The van der Waals surface area contributed by atoms with Crippen LogP contribution in [0.5, 0.6) is 11.5 Å². The molecule has 2 N–H and O–H groups in total. The molecule has 17 heavy (non-hydrogen) atoms. The largest absolute Gasteiger partial charge is 0.734 e. The lowest BCUT2D eigenvalue weighted by Gasteiger charge is -2.21. The summed E-state index contributed by atoms with van der Waals surface area (Å²) in [6.07, 6.45) is 0. The lowest BCUT2D eigenvalue weighted by molar-refractivity contribution is 0.171. The molecule has 7 nitrogen and oxygen atoms in total. The molecule has 2 rings (SSSR count). The number of ether oxygens (including phenoxy) is 2. The summed E-state index contributed by atoms with van der Waals surface area (Å²) in [6, 6.07) is 3.28. The van der Waals surface area contributed by atoms with Crippen LogP contribution in [0.25, 0.3) is 0 Å². The van der Waals surface area contributed by atoms with Crippen LogP contribution in [0.1, 0.15) is 5.56 Å². The Bertz CT molecular complexity index is 528. The van der Waals surface area contributed by atoms with Crippen molar-refractivity contribution in [3.05, 3.63) is 17.7 Å². The van der Waals surface area contributed by atoms with E-state index in [0.29, 0.717) is 30.4 Å². The van der Waals surface area contributed by atoms with Gasteiger partial charge in [-0.05, 0) is 18.6 Å². The number of hydrazine groups is 1. The summed E-state index contributed by atoms with van der Waals surface area (Å²) < 4.78 is 41.9.